The fourth-order valence-electron chi connectivity index (χ4n) is 4.10. The van der Waals surface area contributed by atoms with Gasteiger partial charge in [-0.05, 0) is 84.5 Å². The number of ether oxygens (including phenoxy) is 2. The predicted molar refractivity (Wildman–Crippen MR) is 155 cm³/mol. The van der Waals surface area contributed by atoms with Crippen LogP contribution in [0.15, 0.2) is 96.6 Å². The molecule has 0 atom stereocenters. The first-order valence-electron chi connectivity index (χ1n) is 12.5. The Morgan fingerprint density at radius 3 is 2.18 bits per heavy atom. The van der Waals surface area contributed by atoms with Crippen molar-refractivity contribution in [2.24, 2.45) is 0 Å². The molecule has 1 aliphatic heterocycles. The average Bonchev–Trinajstić information content (AvgIpc) is 2.97. The highest BCUT2D eigenvalue weighted by molar-refractivity contribution is 7.80. The molecule has 1 heterocycles. The van der Waals surface area contributed by atoms with E-state index in [1.165, 1.54) is 18.2 Å². The van der Waals surface area contributed by atoms with Gasteiger partial charge in [0.25, 0.3) is 11.8 Å². The molecule has 0 spiro atoms. The van der Waals surface area contributed by atoms with Gasteiger partial charge in [-0.1, -0.05) is 24.3 Å². The maximum atomic E-state index is 13.4. The second-order valence-electron chi connectivity index (χ2n) is 9.13. The molecule has 1 saturated heterocycles. The molecule has 4 aromatic rings. The monoisotopic (exact) mass is 621 g/mol. The van der Waals surface area contributed by atoms with Crippen LogP contribution in [0.1, 0.15) is 11.1 Å². The summed E-state index contributed by atoms with van der Waals surface area (Å²) in [6.07, 6.45) is -3.63. The number of nitrogens with zero attached hydrogens (tertiary/aromatic N) is 2. The number of rotatable bonds is 7. The van der Waals surface area contributed by atoms with Crippen molar-refractivity contribution in [3.05, 3.63) is 118 Å². The van der Waals surface area contributed by atoms with Gasteiger partial charge in [-0.25, -0.2) is 0 Å². The van der Waals surface area contributed by atoms with Crippen LogP contribution < -0.4 is 19.7 Å². The van der Waals surface area contributed by atoms with Crippen molar-refractivity contribution in [2.75, 3.05) is 4.90 Å². The molecule has 2 amide bonds. The maximum Gasteiger partial charge on any atom is 0.416 e. The number of phenolic OH excluding ortho intramolecular Hbond substituents is 1. The summed E-state index contributed by atoms with van der Waals surface area (Å²) in [6, 6.07) is 20.7. The highest BCUT2D eigenvalue weighted by Gasteiger charge is 2.35. The van der Waals surface area contributed by atoms with Gasteiger partial charge < -0.3 is 14.6 Å². The van der Waals surface area contributed by atoms with Gasteiger partial charge in [-0.15, -0.1) is 0 Å². The number of nitro benzene ring substituents is 1. The number of hydrogen-bond donors (Lipinski definition) is 2. The molecule has 0 bridgehead atoms. The number of nitro groups is 1. The van der Waals surface area contributed by atoms with E-state index in [0.29, 0.717) is 29.3 Å². The van der Waals surface area contributed by atoms with Gasteiger partial charge in [0.2, 0.25) is 5.75 Å². The summed E-state index contributed by atoms with van der Waals surface area (Å²) in [5.41, 5.74) is -2.03. The minimum Gasteiger partial charge on any atom is -0.504 e. The molecule has 2 N–H and O–H groups in total. The standard InChI is InChI=1S/C30H18F3N3O7S/c31-30(32,33)18-7-13-25(23(16-18)36(40)41)43-26-12-6-17(15-24(26)37)14-22-27(38)34-29(44)35(28(22)39)19-8-10-21(11-9-19)42-20-4-2-1-3-5-20/h1-16,37H,(H,34,38,44)/b22-14+. The zero-order valence-electron chi connectivity index (χ0n) is 22.1. The molecule has 0 aliphatic carbocycles. The number of alkyl halides is 3. The van der Waals surface area contributed by atoms with Crippen molar-refractivity contribution in [1.29, 1.82) is 0 Å². The van der Waals surface area contributed by atoms with Gasteiger partial charge in [0.05, 0.1) is 16.2 Å². The van der Waals surface area contributed by atoms with Crippen LogP contribution in [-0.4, -0.2) is 27.0 Å². The molecule has 222 valence electrons. The molecule has 0 radical (unpaired) electrons. The number of nitrogens with one attached hydrogen (secondary N) is 1. The topological polar surface area (TPSA) is 131 Å². The van der Waals surface area contributed by atoms with Crippen LogP contribution in [0.3, 0.4) is 0 Å². The molecule has 5 rings (SSSR count). The van der Waals surface area contributed by atoms with Gasteiger partial charge in [-0.3, -0.25) is 29.9 Å². The highest BCUT2D eigenvalue weighted by atomic mass is 32.1. The number of para-hydroxylation sites is 1. The number of carbonyl (C=O) groups excluding carboxylic acids is 2. The minimum absolute atomic E-state index is 0.154. The Balaban J connectivity index is 1.37. The van der Waals surface area contributed by atoms with Gasteiger partial charge >= 0.3 is 11.9 Å². The first-order chi connectivity index (χ1) is 20.9. The third kappa shape index (κ3) is 6.34. The van der Waals surface area contributed by atoms with E-state index in [1.54, 1.807) is 36.4 Å². The third-order valence-electron chi connectivity index (χ3n) is 6.17. The van der Waals surface area contributed by atoms with Gasteiger partial charge in [0.15, 0.2) is 16.6 Å². The molecular formula is C30H18F3N3O7S. The number of phenols is 1. The second-order valence-corrected chi connectivity index (χ2v) is 9.52. The summed E-state index contributed by atoms with van der Waals surface area (Å²) in [7, 11) is 0. The van der Waals surface area contributed by atoms with E-state index in [4.69, 9.17) is 21.7 Å². The Bertz CT molecular complexity index is 1830. The number of thiocarbonyl (C=S) groups is 1. The summed E-state index contributed by atoms with van der Waals surface area (Å²) in [5, 5.41) is 24.1. The van der Waals surface area contributed by atoms with E-state index in [9.17, 15) is 38.0 Å². The summed E-state index contributed by atoms with van der Waals surface area (Å²) < 4.78 is 50.1. The number of anilines is 1. The van der Waals surface area contributed by atoms with E-state index < -0.39 is 45.7 Å². The normalized spacial score (nSPS) is 14.4. The molecule has 44 heavy (non-hydrogen) atoms. The lowest BCUT2D eigenvalue weighted by Gasteiger charge is -2.29. The number of amides is 2. The van der Waals surface area contributed by atoms with Crippen LogP contribution >= 0.6 is 12.2 Å². The Morgan fingerprint density at radius 2 is 1.55 bits per heavy atom. The van der Waals surface area contributed by atoms with Gasteiger partial charge in [0, 0.05) is 6.07 Å². The van der Waals surface area contributed by atoms with Crippen LogP contribution in [0.2, 0.25) is 0 Å². The number of benzene rings is 4. The lowest BCUT2D eigenvalue weighted by atomic mass is 10.1. The lowest BCUT2D eigenvalue weighted by Crippen LogP contribution is -2.54. The molecule has 10 nitrogen and oxygen atoms in total. The van der Waals surface area contributed by atoms with E-state index in [-0.39, 0.29) is 22.0 Å². The molecule has 1 fully saturated rings. The number of carbonyl (C=O) groups is 2. The molecule has 4 aromatic carbocycles. The minimum atomic E-state index is -4.82. The quantitative estimate of drug-likeness (QED) is 0.0763. The molecule has 0 aromatic heterocycles. The van der Waals surface area contributed by atoms with Crippen LogP contribution in [0.25, 0.3) is 6.08 Å². The molecular weight excluding hydrogens is 603 g/mol. The maximum absolute atomic E-state index is 13.4. The average molecular weight is 622 g/mol. The molecule has 14 heteroatoms. The van der Waals surface area contributed by atoms with Crippen LogP contribution in [0, 0.1) is 10.1 Å². The summed E-state index contributed by atoms with van der Waals surface area (Å²) in [4.78, 5) is 37.5. The predicted octanol–water partition coefficient (Wildman–Crippen LogP) is 6.74. The van der Waals surface area contributed by atoms with E-state index in [1.807, 2.05) is 18.2 Å². The SMILES string of the molecule is O=C1NC(=S)N(c2ccc(Oc3ccccc3)cc2)C(=O)/C1=C/c1ccc(Oc2ccc(C(F)(F)F)cc2[N+](=O)[O-])c(O)c1. The highest BCUT2D eigenvalue weighted by Crippen LogP contribution is 2.40. The summed E-state index contributed by atoms with van der Waals surface area (Å²) in [6.45, 7) is 0. The largest absolute Gasteiger partial charge is 0.504 e. The Morgan fingerprint density at radius 1 is 0.886 bits per heavy atom. The van der Waals surface area contributed by atoms with Crippen molar-refractivity contribution in [2.45, 2.75) is 6.18 Å². The number of halogens is 3. The van der Waals surface area contributed by atoms with Crippen molar-refractivity contribution in [3.8, 4) is 28.7 Å². The van der Waals surface area contributed by atoms with Crippen LogP contribution in [-0.2, 0) is 15.8 Å². The van der Waals surface area contributed by atoms with Crippen molar-refractivity contribution >= 4 is 46.6 Å². The Kier molecular flexibility index (Phi) is 8.01. The summed E-state index contributed by atoms with van der Waals surface area (Å²) in [5.74, 6) is -1.88. The van der Waals surface area contributed by atoms with Crippen molar-refractivity contribution in [3.63, 3.8) is 0 Å². The fraction of sp³-hybridized carbons (Fsp3) is 0.0333. The first kappa shape index (κ1) is 29.7. The summed E-state index contributed by atoms with van der Waals surface area (Å²) >= 11 is 5.22. The third-order valence-corrected chi connectivity index (χ3v) is 6.46. The van der Waals surface area contributed by atoms with Crippen molar-refractivity contribution < 1.29 is 42.3 Å². The van der Waals surface area contributed by atoms with Crippen LogP contribution in [0.5, 0.6) is 28.7 Å². The van der Waals surface area contributed by atoms with Crippen molar-refractivity contribution in [1.82, 2.24) is 5.32 Å². The fourth-order valence-corrected chi connectivity index (χ4v) is 4.38. The number of aromatic hydroxyl groups is 1. The smallest absolute Gasteiger partial charge is 0.416 e. The Hall–Kier alpha value is -5.76. The zero-order valence-corrected chi connectivity index (χ0v) is 22.9. The zero-order chi connectivity index (χ0) is 31.6. The lowest BCUT2D eigenvalue weighted by molar-refractivity contribution is -0.385. The molecule has 1 aliphatic rings. The second kappa shape index (κ2) is 11.9. The van der Waals surface area contributed by atoms with Gasteiger partial charge in [0.1, 0.15) is 17.1 Å². The Labute approximate surface area is 251 Å². The first-order valence-corrected chi connectivity index (χ1v) is 12.9. The molecule has 0 saturated carbocycles. The van der Waals surface area contributed by atoms with Crippen LogP contribution in [0.4, 0.5) is 24.5 Å². The van der Waals surface area contributed by atoms with Gasteiger partial charge in [-0.2, -0.15) is 13.2 Å². The number of hydrogen-bond acceptors (Lipinski definition) is 8. The van der Waals surface area contributed by atoms with E-state index >= 15 is 0 Å². The molecule has 0 unspecified atom stereocenters. The van der Waals surface area contributed by atoms with E-state index in [2.05, 4.69) is 5.32 Å². The van der Waals surface area contributed by atoms with E-state index in [0.717, 1.165) is 17.0 Å².